The summed E-state index contributed by atoms with van der Waals surface area (Å²) in [6.45, 7) is 10.1. The third kappa shape index (κ3) is 6.42. The normalized spacial score (nSPS) is 13.6. The fraction of sp³-hybridized carbons (Fsp3) is 0.500. The van der Waals surface area contributed by atoms with E-state index in [-0.39, 0.29) is 12.1 Å². The Morgan fingerprint density at radius 2 is 2.00 bits per heavy atom. The molecular formula is C24H34N6O2. The number of pyridine rings is 1. The van der Waals surface area contributed by atoms with Crippen molar-refractivity contribution >= 4 is 23.3 Å². The first-order valence-electron chi connectivity index (χ1n) is 11.4. The highest BCUT2D eigenvalue weighted by Gasteiger charge is 2.17. The number of hydrogen-bond donors (Lipinski definition) is 1. The molecule has 3 aromatic rings. The van der Waals surface area contributed by atoms with Gasteiger partial charge in [0.05, 0.1) is 12.3 Å². The Hall–Kier alpha value is -3.16. The summed E-state index contributed by atoms with van der Waals surface area (Å²) in [6.07, 6.45) is 10.4. The monoisotopic (exact) mass is 438 g/mol. The molecular weight excluding hydrogens is 404 g/mol. The maximum atomic E-state index is 10.0. The average molecular weight is 439 g/mol. The van der Waals surface area contributed by atoms with E-state index < -0.39 is 0 Å². The third-order valence-electron chi connectivity index (χ3n) is 5.19. The standard InChI is InChI=1S/C19H24N6.C5H10O2/c1-2-16-14-22-25-17(21-13-15-7-6-8-20-12-15)11-18(23-19(16)25)24-9-4-3-5-10-24;1-4(2)7-5(3)6/h6-8,11-12,14,21H,2-5,9-10,13H2,1H3;4H,1-3H3. The van der Waals surface area contributed by atoms with Crippen molar-refractivity contribution in [2.24, 2.45) is 0 Å². The summed E-state index contributed by atoms with van der Waals surface area (Å²) >= 11 is 0. The quantitative estimate of drug-likeness (QED) is 0.576. The van der Waals surface area contributed by atoms with Crippen LogP contribution in [0.1, 0.15) is 58.1 Å². The number of aromatic nitrogens is 4. The molecule has 4 rings (SSSR count). The number of carbonyl (C=O) groups excluding carboxylic acids is 1. The summed E-state index contributed by atoms with van der Waals surface area (Å²) in [6, 6.07) is 6.16. The molecule has 1 fully saturated rings. The smallest absolute Gasteiger partial charge is 0.302 e. The second kappa shape index (κ2) is 11.5. The van der Waals surface area contributed by atoms with E-state index in [1.54, 1.807) is 6.20 Å². The molecule has 4 heterocycles. The molecule has 0 spiro atoms. The van der Waals surface area contributed by atoms with Gasteiger partial charge in [-0.25, -0.2) is 4.98 Å². The van der Waals surface area contributed by atoms with Crippen molar-refractivity contribution in [1.82, 2.24) is 19.6 Å². The van der Waals surface area contributed by atoms with Crippen molar-refractivity contribution in [1.29, 1.82) is 0 Å². The number of nitrogens with one attached hydrogen (secondary N) is 1. The molecule has 1 N–H and O–H groups in total. The summed E-state index contributed by atoms with van der Waals surface area (Å²) in [5.41, 5.74) is 3.29. The number of fused-ring (bicyclic) bond motifs is 1. The van der Waals surface area contributed by atoms with Crippen LogP contribution in [-0.2, 0) is 22.5 Å². The van der Waals surface area contributed by atoms with Gasteiger partial charge in [-0.05, 0) is 51.2 Å². The maximum Gasteiger partial charge on any atom is 0.302 e. The minimum atomic E-state index is -0.213. The first-order valence-corrected chi connectivity index (χ1v) is 11.4. The summed E-state index contributed by atoms with van der Waals surface area (Å²) < 4.78 is 6.53. The van der Waals surface area contributed by atoms with E-state index in [0.717, 1.165) is 42.4 Å². The maximum absolute atomic E-state index is 10.0. The highest BCUT2D eigenvalue weighted by molar-refractivity contribution is 5.66. The van der Waals surface area contributed by atoms with E-state index >= 15 is 0 Å². The van der Waals surface area contributed by atoms with Crippen LogP contribution in [0.2, 0.25) is 0 Å². The van der Waals surface area contributed by atoms with Crippen LogP contribution in [0.25, 0.3) is 5.65 Å². The van der Waals surface area contributed by atoms with Gasteiger partial charge in [0.15, 0.2) is 5.65 Å². The van der Waals surface area contributed by atoms with Crippen LogP contribution in [0, 0.1) is 0 Å². The molecule has 8 nitrogen and oxygen atoms in total. The molecule has 0 bridgehead atoms. The molecule has 0 aliphatic carbocycles. The average Bonchev–Trinajstić information content (AvgIpc) is 3.21. The van der Waals surface area contributed by atoms with E-state index in [4.69, 9.17) is 4.98 Å². The Morgan fingerprint density at radius 1 is 1.22 bits per heavy atom. The molecule has 0 amide bonds. The molecule has 1 aliphatic rings. The van der Waals surface area contributed by atoms with Crippen molar-refractivity contribution in [3.8, 4) is 0 Å². The zero-order valence-electron chi connectivity index (χ0n) is 19.5. The van der Waals surface area contributed by atoms with E-state index in [1.807, 2.05) is 36.8 Å². The number of piperidine rings is 1. The molecule has 0 radical (unpaired) electrons. The van der Waals surface area contributed by atoms with Gasteiger partial charge in [0, 0.05) is 50.6 Å². The minimum Gasteiger partial charge on any atom is -0.463 e. The lowest BCUT2D eigenvalue weighted by Crippen LogP contribution is -2.30. The van der Waals surface area contributed by atoms with Crippen LogP contribution in [0.15, 0.2) is 36.8 Å². The fourth-order valence-corrected chi connectivity index (χ4v) is 3.68. The number of rotatable bonds is 6. The van der Waals surface area contributed by atoms with Crippen LogP contribution in [0.5, 0.6) is 0 Å². The topological polar surface area (TPSA) is 84.6 Å². The number of carbonyl (C=O) groups is 1. The van der Waals surface area contributed by atoms with Crippen LogP contribution < -0.4 is 10.2 Å². The molecule has 8 heteroatoms. The van der Waals surface area contributed by atoms with Gasteiger partial charge in [0.1, 0.15) is 11.6 Å². The van der Waals surface area contributed by atoms with Gasteiger partial charge in [-0.15, -0.1) is 0 Å². The summed E-state index contributed by atoms with van der Waals surface area (Å²) in [5.74, 6) is 1.82. The van der Waals surface area contributed by atoms with Gasteiger partial charge in [-0.1, -0.05) is 13.0 Å². The van der Waals surface area contributed by atoms with Crippen LogP contribution >= 0.6 is 0 Å². The highest BCUT2D eigenvalue weighted by atomic mass is 16.5. The second-order valence-corrected chi connectivity index (χ2v) is 8.18. The van der Waals surface area contributed by atoms with Gasteiger partial charge in [0.2, 0.25) is 0 Å². The van der Waals surface area contributed by atoms with Crippen molar-refractivity contribution in [2.45, 2.75) is 66.0 Å². The molecule has 1 saturated heterocycles. The van der Waals surface area contributed by atoms with Gasteiger partial charge in [-0.3, -0.25) is 9.78 Å². The lowest BCUT2D eigenvalue weighted by atomic mass is 10.1. The van der Waals surface area contributed by atoms with Crippen LogP contribution in [-0.4, -0.2) is 44.7 Å². The first kappa shape index (κ1) is 23.5. The third-order valence-corrected chi connectivity index (χ3v) is 5.19. The van der Waals surface area contributed by atoms with Gasteiger partial charge in [0.25, 0.3) is 0 Å². The predicted molar refractivity (Wildman–Crippen MR) is 127 cm³/mol. The summed E-state index contributed by atoms with van der Waals surface area (Å²) in [7, 11) is 0. The van der Waals surface area contributed by atoms with Gasteiger partial charge < -0.3 is 15.0 Å². The van der Waals surface area contributed by atoms with Crippen LogP contribution in [0.3, 0.4) is 0 Å². The Morgan fingerprint density at radius 3 is 2.59 bits per heavy atom. The van der Waals surface area contributed by atoms with E-state index in [1.165, 1.54) is 31.7 Å². The zero-order valence-corrected chi connectivity index (χ0v) is 19.5. The Bertz CT molecular complexity index is 996. The van der Waals surface area contributed by atoms with Crippen molar-refractivity contribution < 1.29 is 9.53 Å². The van der Waals surface area contributed by atoms with E-state index in [0.29, 0.717) is 6.54 Å². The van der Waals surface area contributed by atoms with Crippen molar-refractivity contribution in [2.75, 3.05) is 23.3 Å². The molecule has 0 unspecified atom stereocenters. The number of hydrogen-bond acceptors (Lipinski definition) is 7. The predicted octanol–water partition coefficient (Wildman–Crippen LogP) is 4.25. The second-order valence-electron chi connectivity index (χ2n) is 8.18. The van der Waals surface area contributed by atoms with Crippen molar-refractivity contribution in [3.63, 3.8) is 0 Å². The zero-order chi connectivity index (χ0) is 22.9. The lowest BCUT2D eigenvalue weighted by molar-refractivity contribution is -0.144. The molecule has 0 saturated carbocycles. The SMILES string of the molecule is CC(=O)OC(C)C.CCc1cnn2c(NCc3cccnc3)cc(N3CCCCC3)nc12. The Balaban J connectivity index is 0.000000360. The summed E-state index contributed by atoms with van der Waals surface area (Å²) in [5, 5.41) is 8.06. The molecule has 0 aromatic carbocycles. The number of aryl methyl sites for hydroxylation is 1. The number of nitrogens with zero attached hydrogens (tertiary/aromatic N) is 5. The van der Waals surface area contributed by atoms with E-state index in [9.17, 15) is 4.79 Å². The number of esters is 1. The molecule has 0 atom stereocenters. The highest BCUT2D eigenvalue weighted by Crippen LogP contribution is 2.24. The summed E-state index contributed by atoms with van der Waals surface area (Å²) in [4.78, 5) is 21.5. The van der Waals surface area contributed by atoms with Crippen molar-refractivity contribution in [3.05, 3.63) is 47.9 Å². The molecule has 32 heavy (non-hydrogen) atoms. The van der Waals surface area contributed by atoms with Crippen LogP contribution in [0.4, 0.5) is 11.6 Å². The van der Waals surface area contributed by atoms with Gasteiger partial charge in [-0.2, -0.15) is 9.61 Å². The minimum absolute atomic E-state index is 0.0255. The largest absolute Gasteiger partial charge is 0.463 e. The Labute approximate surface area is 190 Å². The number of ether oxygens (including phenoxy) is 1. The molecule has 3 aromatic heterocycles. The van der Waals surface area contributed by atoms with Gasteiger partial charge >= 0.3 is 5.97 Å². The fourth-order valence-electron chi connectivity index (χ4n) is 3.68. The molecule has 172 valence electrons. The number of anilines is 2. The Kier molecular flexibility index (Phi) is 8.41. The molecule has 1 aliphatic heterocycles. The van der Waals surface area contributed by atoms with E-state index in [2.05, 4.69) is 44.1 Å². The lowest BCUT2D eigenvalue weighted by Gasteiger charge is -2.28. The first-order chi connectivity index (χ1) is 15.5.